The van der Waals surface area contributed by atoms with Crippen molar-refractivity contribution in [3.63, 3.8) is 0 Å². The Balaban J connectivity index is 2.34. The molecule has 1 aliphatic heterocycles. The van der Waals surface area contributed by atoms with Crippen LogP contribution < -0.4 is 0 Å². The van der Waals surface area contributed by atoms with Gasteiger partial charge in [-0.3, -0.25) is 9.88 Å². The lowest BCUT2D eigenvalue weighted by Gasteiger charge is -2.18. The molecule has 0 bridgehead atoms. The fourth-order valence-electron chi connectivity index (χ4n) is 1.71. The molecule has 2 nitrogen and oxygen atoms in total. The van der Waals surface area contributed by atoms with E-state index in [1.165, 1.54) is 0 Å². The van der Waals surface area contributed by atoms with Crippen LogP contribution in [0, 0.1) is 0 Å². The van der Waals surface area contributed by atoms with Crippen LogP contribution in [0.1, 0.15) is 25.8 Å². The van der Waals surface area contributed by atoms with E-state index >= 15 is 0 Å². The molecular weight excluding hydrogens is 148 g/mol. The molecule has 1 fully saturated rings. The number of hydrogen-bond acceptors (Lipinski definition) is 2. The summed E-state index contributed by atoms with van der Waals surface area (Å²) in [6.45, 7) is 1.01. The summed E-state index contributed by atoms with van der Waals surface area (Å²) in [4.78, 5) is 6.15. The second-order valence-corrected chi connectivity index (χ2v) is 3.21. The van der Waals surface area contributed by atoms with Crippen LogP contribution in [0.5, 0.6) is 0 Å². The molecule has 2 rings (SSSR count). The summed E-state index contributed by atoms with van der Waals surface area (Å²) in [5.41, 5.74) is 1.01. The predicted molar refractivity (Wildman–Crippen MR) is 48.8 cm³/mol. The minimum Gasteiger partial charge on any atom is -0.299 e. The molecule has 1 saturated heterocycles. The fraction of sp³-hybridized carbons (Fsp3) is 0.500. The lowest BCUT2D eigenvalue weighted by molar-refractivity contribution is 0.317. The van der Waals surface area contributed by atoms with Crippen molar-refractivity contribution in [3.8, 4) is 0 Å². The molecule has 0 spiro atoms. The van der Waals surface area contributed by atoms with Gasteiger partial charge in [0.2, 0.25) is 0 Å². The molecule has 2 heteroatoms. The highest BCUT2D eigenvalue weighted by Gasteiger charge is 2.21. The first-order valence-electron chi connectivity index (χ1n) is 4.85. The Kier molecular flexibility index (Phi) is 1.78. The lowest BCUT2D eigenvalue weighted by Crippen LogP contribution is -2.17. The normalized spacial score (nSPS) is 31.9. The monoisotopic (exact) mass is 163 g/mol. The molecule has 2 heterocycles. The Hall–Kier alpha value is -0.890. The molecule has 1 aliphatic rings. The zero-order valence-electron chi connectivity index (χ0n) is 8.33. The Bertz CT molecular complexity index is 288. The summed E-state index contributed by atoms with van der Waals surface area (Å²) in [5, 5.41) is 0. The van der Waals surface area contributed by atoms with E-state index in [9.17, 15) is 0 Å². The van der Waals surface area contributed by atoms with E-state index in [0.717, 1.165) is 24.9 Å². The zero-order chi connectivity index (χ0) is 9.31. The molecule has 1 aromatic rings. The number of hydrogen-bond donors (Lipinski definition) is 0. The first-order chi connectivity index (χ1) is 6.23. The van der Waals surface area contributed by atoms with Crippen LogP contribution >= 0.6 is 0 Å². The van der Waals surface area contributed by atoms with E-state index in [-0.39, 0.29) is 0 Å². The van der Waals surface area contributed by atoms with Crippen molar-refractivity contribution in [2.45, 2.75) is 18.9 Å². The van der Waals surface area contributed by atoms with Crippen molar-refractivity contribution in [1.82, 2.24) is 9.88 Å². The van der Waals surface area contributed by atoms with Gasteiger partial charge in [0.15, 0.2) is 0 Å². The molecule has 64 valence electrons. The van der Waals surface area contributed by atoms with Gasteiger partial charge in [-0.05, 0) is 38.1 Å². The van der Waals surface area contributed by atoms with Crippen molar-refractivity contribution in [2.75, 3.05) is 13.6 Å². The van der Waals surface area contributed by atoms with E-state index < -0.39 is 6.02 Å². The van der Waals surface area contributed by atoms with Crippen molar-refractivity contribution in [2.24, 2.45) is 0 Å². The molecule has 0 aromatic carbocycles. The van der Waals surface area contributed by atoms with Gasteiger partial charge in [-0.25, -0.2) is 0 Å². The van der Waals surface area contributed by atoms with Gasteiger partial charge in [0.25, 0.3) is 0 Å². The molecule has 0 amide bonds. The van der Waals surface area contributed by atoms with Crippen molar-refractivity contribution >= 4 is 0 Å². The number of aromatic nitrogens is 1. The molecule has 1 aromatic heterocycles. The number of likely N-dealkylation sites (tertiary alicyclic amines) is 1. The number of pyridine rings is 1. The second kappa shape index (κ2) is 3.23. The van der Waals surface area contributed by atoms with Crippen LogP contribution in [0.3, 0.4) is 0 Å². The minimum atomic E-state index is -0.533. The molecule has 0 N–H and O–H groups in total. The minimum absolute atomic E-state index is 0.533. The number of rotatable bonds is 1. The number of nitrogens with zero attached hydrogens (tertiary/aromatic N) is 2. The molecule has 0 radical (unpaired) electrons. The molecule has 0 aliphatic carbocycles. The van der Waals surface area contributed by atoms with Crippen LogP contribution in [-0.2, 0) is 0 Å². The third kappa shape index (κ3) is 1.34. The van der Waals surface area contributed by atoms with Gasteiger partial charge < -0.3 is 0 Å². The highest BCUT2D eigenvalue weighted by molar-refractivity contribution is 5.14. The summed E-state index contributed by atoms with van der Waals surface area (Å²) in [6.07, 6.45) is 5.57. The van der Waals surface area contributed by atoms with Crippen LogP contribution in [0.25, 0.3) is 0 Å². The maximum Gasteiger partial charge on any atom is 0.0519 e. The Morgan fingerprint density at radius 2 is 2.67 bits per heavy atom. The average molecular weight is 163 g/mol. The van der Waals surface area contributed by atoms with Crippen molar-refractivity contribution in [1.29, 1.82) is 0 Å². The smallest absolute Gasteiger partial charge is 0.0519 e. The SMILES string of the molecule is [2H][C@@]1(c2cccnc2)CCCN1C. The lowest BCUT2D eigenvalue weighted by atomic mass is 10.1. The highest BCUT2D eigenvalue weighted by atomic mass is 15.1. The topological polar surface area (TPSA) is 16.1 Å². The standard InChI is InChI=1S/C10H14N2/c1-12-7-3-5-10(12)9-4-2-6-11-8-9/h2,4,6,8,10H,3,5,7H2,1H3/t10-/m0/s1/i10D. The summed E-state index contributed by atoms with van der Waals surface area (Å²) < 4.78 is 8.31. The van der Waals surface area contributed by atoms with E-state index in [0.29, 0.717) is 0 Å². The van der Waals surface area contributed by atoms with Gasteiger partial charge in [-0.2, -0.15) is 0 Å². The van der Waals surface area contributed by atoms with E-state index in [1.54, 1.807) is 12.4 Å². The Labute approximate surface area is 74.6 Å². The van der Waals surface area contributed by atoms with Gasteiger partial charge in [0, 0.05) is 18.4 Å². The zero-order valence-corrected chi connectivity index (χ0v) is 7.33. The van der Waals surface area contributed by atoms with Crippen LogP contribution in [0.2, 0.25) is 0 Å². The first-order valence-corrected chi connectivity index (χ1v) is 4.35. The average Bonchev–Trinajstić information content (AvgIpc) is 2.50. The van der Waals surface area contributed by atoms with Gasteiger partial charge in [-0.1, -0.05) is 6.07 Å². The highest BCUT2D eigenvalue weighted by Crippen LogP contribution is 2.29. The van der Waals surface area contributed by atoms with E-state index in [2.05, 4.69) is 9.88 Å². The third-order valence-corrected chi connectivity index (χ3v) is 2.36. The Morgan fingerprint density at radius 3 is 3.25 bits per heavy atom. The maximum absolute atomic E-state index is 8.31. The van der Waals surface area contributed by atoms with Gasteiger partial charge >= 0.3 is 0 Å². The van der Waals surface area contributed by atoms with Gasteiger partial charge in [-0.15, -0.1) is 0 Å². The van der Waals surface area contributed by atoms with Crippen LogP contribution in [0.15, 0.2) is 24.5 Å². The third-order valence-electron chi connectivity index (χ3n) is 2.36. The van der Waals surface area contributed by atoms with E-state index in [4.69, 9.17) is 1.37 Å². The van der Waals surface area contributed by atoms with Crippen molar-refractivity contribution < 1.29 is 1.37 Å². The van der Waals surface area contributed by atoms with Gasteiger partial charge in [0.1, 0.15) is 0 Å². The second-order valence-electron chi connectivity index (χ2n) is 3.21. The fourth-order valence-corrected chi connectivity index (χ4v) is 1.71. The molecule has 0 saturated carbocycles. The van der Waals surface area contributed by atoms with Crippen LogP contribution in [-0.4, -0.2) is 23.5 Å². The summed E-state index contributed by atoms with van der Waals surface area (Å²) >= 11 is 0. The predicted octanol–water partition coefficient (Wildman–Crippen LogP) is 1.85. The maximum atomic E-state index is 8.31. The van der Waals surface area contributed by atoms with Crippen molar-refractivity contribution in [3.05, 3.63) is 30.1 Å². The molecule has 12 heavy (non-hydrogen) atoms. The summed E-state index contributed by atoms with van der Waals surface area (Å²) in [5.74, 6) is 0. The summed E-state index contributed by atoms with van der Waals surface area (Å²) in [6, 6.07) is 3.36. The quantitative estimate of drug-likeness (QED) is 0.628. The molecule has 1 atom stereocenters. The van der Waals surface area contributed by atoms with E-state index in [1.807, 2.05) is 19.2 Å². The first kappa shape index (κ1) is 6.61. The largest absolute Gasteiger partial charge is 0.299 e. The van der Waals surface area contributed by atoms with Gasteiger partial charge in [0.05, 0.1) is 1.37 Å². The van der Waals surface area contributed by atoms with Crippen LogP contribution in [0.4, 0.5) is 0 Å². The molecular formula is C10H14N2. The molecule has 0 unspecified atom stereocenters. The Morgan fingerprint density at radius 1 is 1.75 bits per heavy atom. The summed E-state index contributed by atoms with van der Waals surface area (Å²) in [7, 11) is 2.01.